The van der Waals surface area contributed by atoms with E-state index >= 15 is 0 Å². The van der Waals surface area contributed by atoms with E-state index in [0.717, 1.165) is 25.8 Å². The molecule has 1 fully saturated rings. The quantitative estimate of drug-likeness (QED) is 0.377. The second-order valence-electron chi connectivity index (χ2n) is 9.21. The minimum absolute atomic E-state index is 0.114. The molecule has 1 aromatic carbocycles. The van der Waals surface area contributed by atoms with Crippen molar-refractivity contribution in [3.63, 3.8) is 0 Å². The lowest BCUT2D eigenvalue weighted by Crippen LogP contribution is -2.41. The monoisotopic (exact) mass is 477 g/mol. The fourth-order valence-corrected chi connectivity index (χ4v) is 5.15. The SMILES string of the molecule is CC/C(=C\CNC(=O)c1cccc(C(=O)NCCCN2CCS(=O)(=O)CC2)c1)C(C)(C)CC. The molecule has 7 nitrogen and oxygen atoms in total. The fourth-order valence-electron chi connectivity index (χ4n) is 3.88. The number of carbonyl (C=O) groups is 2. The maximum atomic E-state index is 12.6. The molecule has 2 N–H and O–H groups in total. The normalized spacial score (nSPS) is 16.9. The molecule has 8 heteroatoms. The molecule has 0 radical (unpaired) electrons. The summed E-state index contributed by atoms with van der Waals surface area (Å²) in [4.78, 5) is 27.2. The van der Waals surface area contributed by atoms with Gasteiger partial charge in [-0.15, -0.1) is 0 Å². The second kappa shape index (κ2) is 12.3. The van der Waals surface area contributed by atoms with E-state index in [1.807, 2.05) is 0 Å². The summed E-state index contributed by atoms with van der Waals surface area (Å²) in [6, 6.07) is 6.73. The van der Waals surface area contributed by atoms with Crippen molar-refractivity contribution in [3.8, 4) is 0 Å². The summed E-state index contributed by atoms with van der Waals surface area (Å²) >= 11 is 0. The number of benzene rings is 1. The second-order valence-corrected chi connectivity index (χ2v) is 11.5. The standard InChI is InChI=1S/C25H39N3O4S/c1-5-22(25(3,4)6-2)11-13-27-24(30)21-10-7-9-20(19-21)23(29)26-12-8-14-28-15-17-33(31,32)18-16-28/h7,9-11,19H,5-6,8,12-18H2,1-4H3,(H,26,29)(H,27,30)/b22-11+. The number of allylic oxidation sites excluding steroid dienone is 1. The molecule has 2 rings (SSSR count). The average molecular weight is 478 g/mol. The van der Waals surface area contributed by atoms with Crippen molar-refractivity contribution >= 4 is 21.7 Å². The van der Waals surface area contributed by atoms with E-state index in [2.05, 4.69) is 49.3 Å². The van der Waals surface area contributed by atoms with Gasteiger partial charge in [-0.2, -0.15) is 0 Å². The minimum atomic E-state index is -2.87. The Kier molecular flexibility index (Phi) is 10.1. The van der Waals surface area contributed by atoms with Crippen molar-refractivity contribution < 1.29 is 18.0 Å². The van der Waals surface area contributed by atoms with E-state index in [4.69, 9.17) is 0 Å². The van der Waals surface area contributed by atoms with Crippen LogP contribution in [0.2, 0.25) is 0 Å². The number of hydrogen-bond donors (Lipinski definition) is 2. The molecule has 0 saturated carbocycles. The maximum absolute atomic E-state index is 12.6. The Labute approximate surface area is 198 Å². The molecule has 0 unspecified atom stereocenters. The molecule has 1 saturated heterocycles. The van der Waals surface area contributed by atoms with Crippen molar-refractivity contribution in [1.29, 1.82) is 0 Å². The summed E-state index contributed by atoms with van der Waals surface area (Å²) in [7, 11) is -2.87. The number of hydrogen-bond acceptors (Lipinski definition) is 5. The molecule has 0 atom stereocenters. The highest BCUT2D eigenvalue weighted by Crippen LogP contribution is 2.31. The Morgan fingerprint density at radius 2 is 1.67 bits per heavy atom. The first-order valence-electron chi connectivity index (χ1n) is 11.9. The fraction of sp³-hybridized carbons (Fsp3) is 0.600. The molecule has 2 amide bonds. The van der Waals surface area contributed by atoms with Crippen LogP contribution in [0.25, 0.3) is 0 Å². The molecule has 0 aromatic heterocycles. The number of nitrogens with one attached hydrogen (secondary N) is 2. The molecule has 33 heavy (non-hydrogen) atoms. The lowest BCUT2D eigenvalue weighted by Gasteiger charge is -2.26. The number of sulfone groups is 1. The third kappa shape index (κ3) is 8.59. The number of carbonyl (C=O) groups excluding carboxylic acids is 2. The van der Waals surface area contributed by atoms with Crippen molar-refractivity contribution in [3.05, 3.63) is 47.0 Å². The largest absolute Gasteiger partial charge is 0.352 e. The van der Waals surface area contributed by atoms with Gasteiger partial charge in [0.1, 0.15) is 0 Å². The highest BCUT2D eigenvalue weighted by molar-refractivity contribution is 7.91. The zero-order valence-corrected chi connectivity index (χ0v) is 21.3. The lowest BCUT2D eigenvalue weighted by molar-refractivity contribution is 0.0951. The molecule has 1 aliphatic rings. The van der Waals surface area contributed by atoms with Gasteiger partial charge in [0.05, 0.1) is 11.5 Å². The van der Waals surface area contributed by atoms with E-state index in [1.165, 1.54) is 5.57 Å². The van der Waals surface area contributed by atoms with Crippen molar-refractivity contribution in [2.45, 2.75) is 47.0 Å². The third-order valence-corrected chi connectivity index (χ3v) is 8.11. The molecule has 1 aliphatic heterocycles. The van der Waals surface area contributed by atoms with Crippen LogP contribution < -0.4 is 10.6 Å². The first-order valence-corrected chi connectivity index (χ1v) is 13.7. The van der Waals surface area contributed by atoms with Crippen LogP contribution in [0.3, 0.4) is 0 Å². The average Bonchev–Trinajstić information content (AvgIpc) is 2.80. The molecule has 0 aliphatic carbocycles. The van der Waals surface area contributed by atoms with Gasteiger partial charge in [0.15, 0.2) is 9.84 Å². The van der Waals surface area contributed by atoms with E-state index < -0.39 is 9.84 Å². The predicted octanol–water partition coefficient (Wildman–Crippen LogP) is 3.04. The highest BCUT2D eigenvalue weighted by Gasteiger charge is 2.21. The van der Waals surface area contributed by atoms with Gasteiger partial charge in [-0.05, 0) is 49.4 Å². The van der Waals surface area contributed by atoms with E-state index in [1.54, 1.807) is 24.3 Å². The van der Waals surface area contributed by atoms with Gasteiger partial charge in [0, 0.05) is 37.3 Å². The van der Waals surface area contributed by atoms with Crippen LogP contribution >= 0.6 is 0 Å². The first-order chi connectivity index (χ1) is 15.6. The van der Waals surface area contributed by atoms with Gasteiger partial charge in [-0.25, -0.2) is 8.42 Å². The van der Waals surface area contributed by atoms with Crippen LogP contribution in [0.4, 0.5) is 0 Å². The van der Waals surface area contributed by atoms with Crippen LogP contribution in [0.5, 0.6) is 0 Å². The van der Waals surface area contributed by atoms with Crippen LogP contribution in [0.1, 0.15) is 67.7 Å². The topological polar surface area (TPSA) is 95.6 Å². The summed E-state index contributed by atoms with van der Waals surface area (Å²) in [6.07, 6.45) is 4.82. The van der Waals surface area contributed by atoms with Crippen LogP contribution in [0.15, 0.2) is 35.9 Å². The molecule has 184 valence electrons. The highest BCUT2D eigenvalue weighted by atomic mass is 32.2. The summed E-state index contributed by atoms with van der Waals surface area (Å²) in [5.41, 5.74) is 2.34. The van der Waals surface area contributed by atoms with Crippen LogP contribution in [-0.4, -0.2) is 69.4 Å². The third-order valence-electron chi connectivity index (χ3n) is 6.51. The Bertz CT molecular complexity index is 940. The van der Waals surface area contributed by atoms with Crippen LogP contribution in [-0.2, 0) is 9.84 Å². The van der Waals surface area contributed by atoms with Gasteiger partial charge in [-0.3, -0.25) is 9.59 Å². The summed E-state index contributed by atoms with van der Waals surface area (Å²) in [6.45, 7) is 11.5. The minimum Gasteiger partial charge on any atom is -0.352 e. The summed E-state index contributed by atoms with van der Waals surface area (Å²) in [5, 5.41) is 5.81. The predicted molar refractivity (Wildman–Crippen MR) is 133 cm³/mol. The van der Waals surface area contributed by atoms with E-state index in [-0.39, 0.29) is 28.7 Å². The zero-order valence-electron chi connectivity index (χ0n) is 20.4. The number of nitrogens with zero attached hydrogens (tertiary/aromatic N) is 1. The summed E-state index contributed by atoms with van der Waals surface area (Å²) in [5.74, 6) is -0.00489. The van der Waals surface area contributed by atoms with Gasteiger partial charge in [-0.1, -0.05) is 45.4 Å². The molecule has 0 bridgehead atoms. The first kappa shape index (κ1) is 27.1. The molecular weight excluding hydrogens is 438 g/mol. The Morgan fingerprint density at radius 3 is 2.24 bits per heavy atom. The Morgan fingerprint density at radius 1 is 1.06 bits per heavy atom. The van der Waals surface area contributed by atoms with Gasteiger partial charge >= 0.3 is 0 Å². The van der Waals surface area contributed by atoms with Crippen molar-refractivity contribution in [2.24, 2.45) is 5.41 Å². The van der Waals surface area contributed by atoms with Crippen LogP contribution in [0, 0.1) is 5.41 Å². The smallest absolute Gasteiger partial charge is 0.251 e. The Balaban J connectivity index is 1.81. The molecule has 1 aromatic rings. The van der Waals surface area contributed by atoms with Crippen molar-refractivity contribution in [1.82, 2.24) is 15.5 Å². The molecular formula is C25H39N3O4S. The van der Waals surface area contributed by atoms with Gasteiger partial charge < -0.3 is 15.5 Å². The number of amides is 2. The van der Waals surface area contributed by atoms with Gasteiger partial charge in [0.2, 0.25) is 0 Å². The van der Waals surface area contributed by atoms with E-state index in [0.29, 0.717) is 37.3 Å². The lowest BCUT2D eigenvalue weighted by atomic mass is 9.80. The summed E-state index contributed by atoms with van der Waals surface area (Å²) < 4.78 is 23.0. The Hall–Kier alpha value is -2.19. The zero-order chi connectivity index (χ0) is 24.5. The maximum Gasteiger partial charge on any atom is 0.251 e. The number of rotatable bonds is 11. The molecule has 1 heterocycles. The van der Waals surface area contributed by atoms with Crippen molar-refractivity contribution in [2.75, 3.05) is 44.2 Å². The van der Waals surface area contributed by atoms with Gasteiger partial charge in [0.25, 0.3) is 11.8 Å². The molecule has 0 spiro atoms. The van der Waals surface area contributed by atoms with E-state index in [9.17, 15) is 18.0 Å².